The van der Waals surface area contributed by atoms with E-state index >= 15 is 0 Å². The Hall–Kier alpha value is -2.42. The highest BCUT2D eigenvalue weighted by Gasteiger charge is 2.51. The van der Waals surface area contributed by atoms with Crippen molar-refractivity contribution in [1.82, 2.24) is 0 Å². The van der Waals surface area contributed by atoms with Crippen LogP contribution in [-0.2, 0) is 21.0 Å². The molecule has 5 atom stereocenters. The van der Waals surface area contributed by atoms with Gasteiger partial charge < -0.3 is 4.74 Å². The van der Waals surface area contributed by atoms with E-state index in [9.17, 15) is 17.2 Å². The Morgan fingerprint density at radius 1 is 0.723 bits per heavy atom. The van der Waals surface area contributed by atoms with Gasteiger partial charge in [0.15, 0.2) is 20.8 Å². The van der Waals surface area contributed by atoms with Gasteiger partial charge in [0, 0.05) is 0 Å². The zero-order chi connectivity index (χ0) is 34.4. The molecular formula is C39H51F2O4S2+. The molecule has 2 fully saturated rings. The van der Waals surface area contributed by atoms with Gasteiger partial charge in [-0.1, -0.05) is 65.8 Å². The first-order valence-corrected chi connectivity index (χ1v) is 19.6. The van der Waals surface area contributed by atoms with E-state index in [2.05, 4.69) is 90.1 Å². The van der Waals surface area contributed by atoms with Gasteiger partial charge in [-0.25, -0.2) is 0 Å². The molecule has 5 unspecified atom stereocenters. The lowest BCUT2D eigenvalue weighted by Crippen LogP contribution is -2.42. The maximum Gasteiger partial charge on any atom is 0.405 e. The van der Waals surface area contributed by atoms with E-state index in [1.165, 1.54) is 49.7 Å². The number of halogens is 2. The standard InChI is InChI=1S/C39H50F2O4S2/c1-26-20-31(24-37(4,5)22-26)29-8-14-34(15-9-29)46(35-16-10-30(11-17-35)32-21-27(2)23-38(6,7)25-32)36-18-12-33(13-19-36)45-28(3)39(40,41)47(42,43)44/h8-19,26-28,31-32H,20-25H2,1-7H3/p+1. The summed E-state index contributed by atoms with van der Waals surface area (Å²) in [6.45, 7) is 15.1. The maximum absolute atomic E-state index is 14.2. The molecular weight excluding hydrogens is 635 g/mol. The molecule has 256 valence electrons. The third-order valence-corrected chi connectivity index (χ3v) is 13.4. The Balaban J connectivity index is 1.45. The van der Waals surface area contributed by atoms with Crippen molar-refractivity contribution in [1.29, 1.82) is 0 Å². The van der Waals surface area contributed by atoms with Crippen LogP contribution in [0.15, 0.2) is 87.5 Å². The van der Waals surface area contributed by atoms with Crippen LogP contribution in [0.2, 0.25) is 0 Å². The third-order valence-electron chi connectivity index (χ3n) is 10.1. The second kappa shape index (κ2) is 13.5. The highest BCUT2D eigenvalue weighted by Crippen LogP contribution is 2.48. The average molecular weight is 686 g/mol. The van der Waals surface area contributed by atoms with E-state index in [0.29, 0.717) is 34.5 Å². The van der Waals surface area contributed by atoms with Crippen LogP contribution in [0.4, 0.5) is 8.78 Å². The molecule has 0 aromatic heterocycles. The highest BCUT2D eigenvalue weighted by atomic mass is 32.2. The number of alkyl halides is 2. The van der Waals surface area contributed by atoms with Gasteiger partial charge in [-0.2, -0.15) is 17.2 Å². The smallest absolute Gasteiger partial charge is 0.405 e. The van der Waals surface area contributed by atoms with Crippen molar-refractivity contribution in [3.63, 3.8) is 0 Å². The van der Waals surface area contributed by atoms with Crippen LogP contribution in [-0.4, -0.2) is 24.3 Å². The molecule has 0 aliphatic heterocycles. The van der Waals surface area contributed by atoms with Gasteiger partial charge in [0.05, 0.1) is 10.9 Å². The SMILES string of the molecule is CC1CC(c2ccc([S+](c3ccc(OC(C)C(F)(F)S(=O)(=O)O)cc3)c3ccc(C4CC(C)CC(C)(C)C4)cc3)cc2)CC(C)(C)C1. The highest BCUT2D eigenvalue weighted by molar-refractivity contribution is 7.97. The number of hydrogen-bond donors (Lipinski definition) is 1. The molecule has 0 amide bonds. The summed E-state index contributed by atoms with van der Waals surface area (Å²) in [7, 11) is -6.09. The monoisotopic (exact) mass is 685 g/mol. The Morgan fingerprint density at radius 3 is 1.43 bits per heavy atom. The molecule has 4 nitrogen and oxygen atoms in total. The second-order valence-corrected chi connectivity index (χ2v) is 19.5. The number of benzene rings is 3. The van der Waals surface area contributed by atoms with E-state index in [0.717, 1.165) is 21.6 Å². The van der Waals surface area contributed by atoms with Crippen molar-refractivity contribution in [2.45, 2.75) is 125 Å². The van der Waals surface area contributed by atoms with Gasteiger partial charge in [-0.3, -0.25) is 4.55 Å². The van der Waals surface area contributed by atoms with Crippen molar-refractivity contribution in [3.05, 3.63) is 83.9 Å². The lowest BCUT2D eigenvalue weighted by molar-refractivity contribution is -0.0236. The summed E-state index contributed by atoms with van der Waals surface area (Å²) in [6, 6.07) is 25.0. The van der Waals surface area contributed by atoms with Crippen LogP contribution in [0.5, 0.6) is 5.75 Å². The van der Waals surface area contributed by atoms with Gasteiger partial charge in [0.25, 0.3) is 0 Å². The molecule has 0 spiro atoms. The van der Waals surface area contributed by atoms with Gasteiger partial charge in [-0.15, -0.1) is 0 Å². The molecule has 2 saturated carbocycles. The van der Waals surface area contributed by atoms with Crippen LogP contribution < -0.4 is 4.74 Å². The first-order valence-electron chi connectivity index (χ1n) is 16.9. The van der Waals surface area contributed by atoms with Crippen molar-refractivity contribution in [2.24, 2.45) is 22.7 Å². The van der Waals surface area contributed by atoms with Crippen molar-refractivity contribution in [3.8, 4) is 5.75 Å². The van der Waals surface area contributed by atoms with Crippen molar-refractivity contribution < 1.29 is 26.5 Å². The van der Waals surface area contributed by atoms with Gasteiger partial charge in [-0.05, 0) is 140 Å². The molecule has 0 radical (unpaired) electrons. The minimum atomic E-state index is -5.62. The second-order valence-electron chi connectivity index (χ2n) is 15.9. The van der Waals surface area contributed by atoms with Gasteiger partial charge in [0.1, 0.15) is 5.75 Å². The number of hydrogen-bond acceptors (Lipinski definition) is 3. The van der Waals surface area contributed by atoms with E-state index < -0.39 is 32.4 Å². The molecule has 1 N–H and O–H groups in total. The molecule has 5 rings (SSSR count). The summed E-state index contributed by atoms with van der Waals surface area (Å²) >= 11 is 0. The molecule has 2 aliphatic rings. The van der Waals surface area contributed by atoms with Crippen LogP contribution in [0.1, 0.15) is 110 Å². The lowest BCUT2D eigenvalue weighted by Gasteiger charge is -2.39. The third kappa shape index (κ3) is 8.42. The summed E-state index contributed by atoms with van der Waals surface area (Å²) in [5, 5.41) is -4.43. The summed E-state index contributed by atoms with van der Waals surface area (Å²) in [5.41, 5.74) is 3.40. The Kier molecular flexibility index (Phi) is 10.3. The fourth-order valence-electron chi connectivity index (χ4n) is 8.50. The van der Waals surface area contributed by atoms with Crippen molar-refractivity contribution >= 4 is 21.0 Å². The van der Waals surface area contributed by atoms with E-state index in [1.807, 2.05) is 12.1 Å². The zero-order valence-electron chi connectivity index (χ0n) is 28.8. The van der Waals surface area contributed by atoms with Crippen LogP contribution in [0.3, 0.4) is 0 Å². The Morgan fingerprint density at radius 2 is 1.09 bits per heavy atom. The summed E-state index contributed by atoms with van der Waals surface area (Å²) in [6.07, 6.45) is 5.19. The minimum Gasteiger partial charge on any atom is -0.483 e. The molecule has 0 heterocycles. The van der Waals surface area contributed by atoms with Crippen LogP contribution in [0, 0.1) is 22.7 Å². The Labute approximate surface area is 283 Å². The largest absolute Gasteiger partial charge is 0.483 e. The topological polar surface area (TPSA) is 63.6 Å². The molecule has 3 aromatic rings. The predicted octanol–water partition coefficient (Wildman–Crippen LogP) is 10.9. The molecule has 3 aromatic carbocycles. The first kappa shape index (κ1) is 35.9. The lowest BCUT2D eigenvalue weighted by atomic mass is 9.66. The summed E-state index contributed by atoms with van der Waals surface area (Å²) in [4.78, 5) is 3.32. The van der Waals surface area contributed by atoms with Crippen LogP contribution in [0.25, 0.3) is 0 Å². The molecule has 0 saturated heterocycles. The molecule has 8 heteroatoms. The normalized spacial score (nSPS) is 25.9. The molecule has 47 heavy (non-hydrogen) atoms. The van der Waals surface area contributed by atoms with Crippen LogP contribution >= 0.6 is 0 Å². The van der Waals surface area contributed by atoms with E-state index in [4.69, 9.17) is 9.29 Å². The fourth-order valence-corrected chi connectivity index (χ4v) is 11.0. The summed E-state index contributed by atoms with van der Waals surface area (Å²) in [5.74, 6) is 2.54. The first-order chi connectivity index (χ1) is 21.8. The van der Waals surface area contributed by atoms with E-state index in [1.54, 1.807) is 12.1 Å². The van der Waals surface area contributed by atoms with Crippen molar-refractivity contribution in [2.75, 3.05) is 0 Å². The zero-order valence-corrected chi connectivity index (χ0v) is 30.4. The summed E-state index contributed by atoms with van der Waals surface area (Å²) < 4.78 is 65.0. The van der Waals surface area contributed by atoms with E-state index in [-0.39, 0.29) is 5.75 Å². The molecule has 0 bridgehead atoms. The number of ether oxygens (including phenoxy) is 1. The fraction of sp³-hybridized carbons (Fsp3) is 0.538. The Bertz CT molecular complexity index is 1540. The van der Waals surface area contributed by atoms with Gasteiger partial charge in [0.2, 0.25) is 0 Å². The molecule has 2 aliphatic carbocycles. The average Bonchev–Trinajstić information content (AvgIpc) is 2.96. The van der Waals surface area contributed by atoms with Gasteiger partial charge >= 0.3 is 15.4 Å². The maximum atomic E-state index is 14.2. The minimum absolute atomic E-state index is 0.0990. The predicted molar refractivity (Wildman–Crippen MR) is 187 cm³/mol. The quantitative estimate of drug-likeness (QED) is 0.180. The number of rotatable bonds is 9.